The Balaban J connectivity index is 2.27. The van der Waals surface area contributed by atoms with Gasteiger partial charge in [-0.05, 0) is 23.8 Å². The van der Waals surface area contributed by atoms with Crippen LogP contribution in [-0.2, 0) is 4.79 Å². The number of carbonyl (C=O) groups is 2. The molecule has 0 saturated heterocycles. The highest BCUT2D eigenvalue weighted by molar-refractivity contribution is 6.35. The summed E-state index contributed by atoms with van der Waals surface area (Å²) in [6.07, 6.45) is 2.73. The molecular formula is C18H15Cl2NO5. The molecule has 8 heteroatoms. The van der Waals surface area contributed by atoms with E-state index in [1.165, 1.54) is 38.5 Å². The number of carboxylic acid groups (broad SMARTS) is 1. The highest BCUT2D eigenvalue weighted by atomic mass is 35.5. The van der Waals surface area contributed by atoms with Gasteiger partial charge >= 0.3 is 5.97 Å². The van der Waals surface area contributed by atoms with E-state index >= 15 is 0 Å². The molecule has 0 unspecified atom stereocenters. The van der Waals surface area contributed by atoms with E-state index in [4.69, 9.17) is 32.7 Å². The maximum atomic E-state index is 12.2. The van der Waals surface area contributed by atoms with Gasteiger partial charge in [0.2, 0.25) is 5.91 Å². The molecule has 2 N–H and O–H groups in total. The Morgan fingerprint density at radius 3 is 2.31 bits per heavy atom. The Labute approximate surface area is 159 Å². The average molecular weight is 396 g/mol. The summed E-state index contributed by atoms with van der Waals surface area (Å²) in [7, 11) is 2.80. The molecule has 0 spiro atoms. The number of hydrogen-bond donors (Lipinski definition) is 2. The summed E-state index contributed by atoms with van der Waals surface area (Å²) in [6.45, 7) is 0. The van der Waals surface area contributed by atoms with Crippen molar-refractivity contribution in [2.75, 3.05) is 19.5 Å². The molecule has 0 aliphatic carbocycles. The molecule has 0 aliphatic rings. The summed E-state index contributed by atoms with van der Waals surface area (Å²) in [6, 6.07) is 7.51. The lowest BCUT2D eigenvalue weighted by molar-refractivity contribution is -0.111. The van der Waals surface area contributed by atoms with E-state index in [-0.39, 0.29) is 22.7 Å². The lowest BCUT2D eigenvalue weighted by Gasteiger charge is -2.13. The van der Waals surface area contributed by atoms with Gasteiger partial charge in [-0.15, -0.1) is 0 Å². The highest BCUT2D eigenvalue weighted by Gasteiger charge is 2.17. The molecule has 0 bridgehead atoms. The quantitative estimate of drug-likeness (QED) is 0.709. The fourth-order valence-electron chi connectivity index (χ4n) is 2.14. The first-order valence-electron chi connectivity index (χ1n) is 7.29. The number of nitrogens with one attached hydrogen (secondary N) is 1. The molecule has 26 heavy (non-hydrogen) atoms. The van der Waals surface area contributed by atoms with Crippen molar-refractivity contribution in [3.05, 3.63) is 57.6 Å². The standard InChI is InChI=1S/C18H15Cl2NO5/c1-25-15-8-12(18(23)24)14(9-16(15)26-2)21-17(22)6-4-10-3-5-11(19)7-13(10)20/h3-9H,1-2H3,(H,21,22)(H,23,24)/b6-4+. The molecule has 0 heterocycles. The van der Waals surface area contributed by atoms with Gasteiger partial charge in [-0.2, -0.15) is 0 Å². The van der Waals surface area contributed by atoms with Gasteiger partial charge < -0.3 is 19.9 Å². The Kier molecular flexibility index (Phi) is 6.49. The summed E-state index contributed by atoms with van der Waals surface area (Å²) in [5, 5.41) is 12.7. The van der Waals surface area contributed by atoms with E-state index < -0.39 is 11.9 Å². The first-order chi connectivity index (χ1) is 12.3. The van der Waals surface area contributed by atoms with Gasteiger partial charge in [-0.3, -0.25) is 4.79 Å². The van der Waals surface area contributed by atoms with E-state index in [0.29, 0.717) is 15.6 Å². The number of carboxylic acids is 1. The van der Waals surface area contributed by atoms with Crippen molar-refractivity contribution in [2.45, 2.75) is 0 Å². The molecule has 0 atom stereocenters. The van der Waals surface area contributed by atoms with Crippen LogP contribution in [-0.4, -0.2) is 31.2 Å². The molecule has 6 nitrogen and oxygen atoms in total. The van der Waals surface area contributed by atoms with Gasteiger partial charge in [0.05, 0.1) is 25.5 Å². The van der Waals surface area contributed by atoms with Crippen LogP contribution in [0.3, 0.4) is 0 Å². The predicted molar refractivity (Wildman–Crippen MR) is 101 cm³/mol. The number of halogens is 2. The summed E-state index contributed by atoms with van der Waals surface area (Å²) in [5.74, 6) is -1.22. The Hall–Kier alpha value is -2.70. The number of carbonyl (C=O) groups excluding carboxylic acids is 1. The molecule has 136 valence electrons. The molecule has 0 aliphatic heterocycles. The highest BCUT2D eigenvalue weighted by Crippen LogP contribution is 2.33. The van der Waals surface area contributed by atoms with Crippen LogP contribution in [0, 0.1) is 0 Å². The number of benzene rings is 2. The zero-order chi connectivity index (χ0) is 19.3. The minimum absolute atomic E-state index is 0.0759. The van der Waals surface area contributed by atoms with Gasteiger partial charge in [0, 0.05) is 28.3 Å². The zero-order valence-electron chi connectivity index (χ0n) is 13.9. The van der Waals surface area contributed by atoms with Crippen molar-refractivity contribution in [2.24, 2.45) is 0 Å². The van der Waals surface area contributed by atoms with Crippen LogP contribution in [0.5, 0.6) is 11.5 Å². The van der Waals surface area contributed by atoms with Crippen molar-refractivity contribution < 1.29 is 24.2 Å². The third-order valence-corrected chi connectivity index (χ3v) is 3.95. The van der Waals surface area contributed by atoms with E-state index in [9.17, 15) is 14.7 Å². The fraction of sp³-hybridized carbons (Fsp3) is 0.111. The maximum absolute atomic E-state index is 12.2. The second-order valence-electron chi connectivity index (χ2n) is 5.05. The van der Waals surface area contributed by atoms with Crippen LogP contribution in [0.2, 0.25) is 10.0 Å². The molecule has 0 radical (unpaired) electrons. The van der Waals surface area contributed by atoms with Crippen LogP contribution in [0.25, 0.3) is 6.08 Å². The number of aromatic carboxylic acids is 1. The number of anilines is 1. The SMILES string of the molecule is COc1cc(NC(=O)/C=C/c2ccc(Cl)cc2Cl)c(C(=O)O)cc1OC. The van der Waals surface area contributed by atoms with E-state index in [2.05, 4.69) is 5.32 Å². The molecule has 2 rings (SSSR count). The van der Waals surface area contributed by atoms with Crippen LogP contribution in [0.15, 0.2) is 36.4 Å². The molecule has 1 amide bonds. The van der Waals surface area contributed by atoms with Crippen molar-refractivity contribution in [1.29, 1.82) is 0 Å². The van der Waals surface area contributed by atoms with Crippen LogP contribution < -0.4 is 14.8 Å². The van der Waals surface area contributed by atoms with Gasteiger partial charge in [0.25, 0.3) is 0 Å². The predicted octanol–water partition coefficient (Wildman–Crippen LogP) is 4.36. The smallest absolute Gasteiger partial charge is 0.337 e. The minimum atomic E-state index is -1.22. The third-order valence-electron chi connectivity index (χ3n) is 3.39. The molecule has 0 saturated carbocycles. The number of amides is 1. The van der Waals surface area contributed by atoms with Crippen LogP contribution >= 0.6 is 23.2 Å². The number of ether oxygens (including phenoxy) is 2. The second-order valence-corrected chi connectivity index (χ2v) is 5.89. The summed E-state index contributed by atoms with van der Waals surface area (Å²) in [5.41, 5.74) is 0.540. The van der Waals surface area contributed by atoms with Crippen LogP contribution in [0.4, 0.5) is 5.69 Å². The second kappa shape index (κ2) is 8.60. The average Bonchev–Trinajstić information content (AvgIpc) is 2.60. The van der Waals surface area contributed by atoms with Crippen molar-refractivity contribution in [3.63, 3.8) is 0 Å². The van der Waals surface area contributed by atoms with Gasteiger partial charge in [0.1, 0.15) is 0 Å². The Bertz CT molecular complexity index is 880. The minimum Gasteiger partial charge on any atom is -0.493 e. The van der Waals surface area contributed by atoms with E-state index in [0.717, 1.165) is 0 Å². The first-order valence-corrected chi connectivity index (χ1v) is 8.04. The number of hydrogen-bond acceptors (Lipinski definition) is 4. The van der Waals surface area contributed by atoms with Gasteiger partial charge in [-0.25, -0.2) is 4.79 Å². The fourth-order valence-corrected chi connectivity index (χ4v) is 2.61. The van der Waals surface area contributed by atoms with Gasteiger partial charge in [0.15, 0.2) is 11.5 Å². The lowest BCUT2D eigenvalue weighted by atomic mass is 10.1. The Morgan fingerprint density at radius 1 is 1.08 bits per heavy atom. The lowest BCUT2D eigenvalue weighted by Crippen LogP contribution is -2.12. The summed E-state index contributed by atoms with van der Waals surface area (Å²) >= 11 is 11.9. The Morgan fingerprint density at radius 2 is 1.73 bits per heavy atom. The monoisotopic (exact) mass is 395 g/mol. The van der Waals surface area contributed by atoms with E-state index in [1.807, 2.05) is 0 Å². The first kappa shape index (κ1) is 19.6. The van der Waals surface area contributed by atoms with Crippen molar-refractivity contribution in [3.8, 4) is 11.5 Å². The topological polar surface area (TPSA) is 84.9 Å². The largest absolute Gasteiger partial charge is 0.493 e. The summed E-state index contributed by atoms with van der Waals surface area (Å²) in [4.78, 5) is 23.6. The number of rotatable bonds is 6. The van der Waals surface area contributed by atoms with Gasteiger partial charge in [-0.1, -0.05) is 29.3 Å². The van der Waals surface area contributed by atoms with Crippen molar-refractivity contribution in [1.82, 2.24) is 0 Å². The normalized spacial score (nSPS) is 10.6. The maximum Gasteiger partial charge on any atom is 0.337 e. The zero-order valence-corrected chi connectivity index (χ0v) is 15.4. The molecule has 2 aromatic rings. The third kappa shape index (κ3) is 4.68. The van der Waals surface area contributed by atoms with Crippen LogP contribution in [0.1, 0.15) is 15.9 Å². The number of methoxy groups -OCH3 is 2. The van der Waals surface area contributed by atoms with E-state index in [1.54, 1.807) is 18.2 Å². The molecular weight excluding hydrogens is 381 g/mol. The van der Waals surface area contributed by atoms with Crippen molar-refractivity contribution >= 4 is 46.8 Å². The summed E-state index contributed by atoms with van der Waals surface area (Å²) < 4.78 is 10.2. The molecule has 0 fully saturated rings. The molecule has 0 aromatic heterocycles. The molecule has 2 aromatic carbocycles.